The highest BCUT2D eigenvalue weighted by atomic mass is 16.7. The van der Waals surface area contributed by atoms with E-state index in [2.05, 4.69) is 4.74 Å². The summed E-state index contributed by atoms with van der Waals surface area (Å²) in [6.07, 6.45) is 0. The van der Waals surface area contributed by atoms with Crippen LogP contribution in [-0.2, 0) is 23.8 Å². The van der Waals surface area contributed by atoms with Gasteiger partial charge in [0.25, 0.3) is 5.79 Å². The SMILES string of the molecule is COCC1C(=O)OC(C)(C)OC1=O. The van der Waals surface area contributed by atoms with Crippen LogP contribution in [0.1, 0.15) is 13.8 Å². The molecule has 0 aliphatic carbocycles. The maximum Gasteiger partial charge on any atom is 0.326 e. The monoisotopic (exact) mass is 188 g/mol. The molecule has 5 heteroatoms. The van der Waals surface area contributed by atoms with Gasteiger partial charge >= 0.3 is 11.9 Å². The van der Waals surface area contributed by atoms with Crippen LogP contribution in [0.5, 0.6) is 0 Å². The normalized spacial score (nSPS) is 22.4. The minimum Gasteiger partial charge on any atom is -0.422 e. The number of hydrogen-bond acceptors (Lipinski definition) is 5. The highest BCUT2D eigenvalue weighted by molar-refractivity contribution is 5.96. The van der Waals surface area contributed by atoms with E-state index >= 15 is 0 Å². The van der Waals surface area contributed by atoms with Gasteiger partial charge in [-0.1, -0.05) is 0 Å². The first-order valence-electron chi connectivity index (χ1n) is 3.91. The lowest BCUT2D eigenvalue weighted by Gasteiger charge is -2.32. The summed E-state index contributed by atoms with van der Waals surface area (Å²) in [7, 11) is 1.40. The number of rotatable bonds is 2. The third-order valence-corrected chi connectivity index (χ3v) is 1.60. The van der Waals surface area contributed by atoms with Crippen molar-refractivity contribution in [2.45, 2.75) is 19.6 Å². The first kappa shape index (κ1) is 9.98. The van der Waals surface area contributed by atoms with Crippen LogP contribution in [-0.4, -0.2) is 31.4 Å². The Labute approximate surface area is 76.0 Å². The molecule has 0 spiro atoms. The van der Waals surface area contributed by atoms with Crippen LogP contribution in [0.15, 0.2) is 0 Å². The van der Waals surface area contributed by atoms with Gasteiger partial charge in [-0.2, -0.15) is 0 Å². The largest absolute Gasteiger partial charge is 0.422 e. The fraction of sp³-hybridized carbons (Fsp3) is 0.750. The van der Waals surface area contributed by atoms with Gasteiger partial charge in [-0.05, 0) is 0 Å². The van der Waals surface area contributed by atoms with Crippen molar-refractivity contribution in [1.82, 2.24) is 0 Å². The molecule has 5 nitrogen and oxygen atoms in total. The molecular formula is C8H12O5. The minimum absolute atomic E-state index is 0.00620. The smallest absolute Gasteiger partial charge is 0.326 e. The molecule has 0 aromatic heterocycles. The average Bonchev–Trinajstić information content (AvgIpc) is 1.94. The van der Waals surface area contributed by atoms with Gasteiger partial charge in [0.15, 0.2) is 5.92 Å². The number of methoxy groups -OCH3 is 1. The first-order valence-corrected chi connectivity index (χ1v) is 3.91. The Morgan fingerprint density at radius 2 is 1.77 bits per heavy atom. The number of hydrogen-bond donors (Lipinski definition) is 0. The predicted octanol–water partition coefficient (Wildman–Crippen LogP) is 0.0851. The van der Waals surface area contributed by atoms with E-state index in [1.54, 1.807) is 0 Å². The van der Waals surface area contributed by atoms with Crippen LogP contribution in [0.3, 0.4) is 0 Å². The predicted molar refractivity (Wildman–Crippen MR) is 41.6 cm³/mol. The van der Waals surface area contributed by atoms with Crippen molar-refractivity contribution in [1.29, 1.82) is 0 Å². The van der Waals surface area contributed by atoms with E-state index in [9.17, 15) is 9.59 Å². The molecule has 1 saturated heterocycles. The van der Waals surface area contributed by atoms with Crippen molar-refractivity contribution < 1.29 is 23.8 Å². The lowest BCUT2D eigenvalue weighted by atomic mass is 10.1. The summed E-state index contributed by atoms with van der Waals surface area (Å²) in [6.45, 7) is 3.01. The van der Waals surface area contributed by atoms with E-state index in [0.717, 1.165) is 0 Å². The summed E-state index contributed by atoms with van der Waals surface area (Å²) in [5.74, 6) is -3.29. The quantitative estimate of drug-likeness (QED) is 0.454. The maximum absolute atomic E-state index is 11.2. The zero-order valence-electron chi connectivity index (χ0n) is 7.83. The summed E-state index contributed by atoms with van der Waals surface area (Å²) in [5.41, 5.74) is 0. The molecule has 0 atom stereocenters. The highest BCUT2D eigenvalue weighted by Gasteiger charge is 2.43. The van der Waals surface area contributed by atoms with Gasteiger partial charge in [-0.15, -0.1) is 0 Å². The van der Waals surface area contributed by atoms with Crippen molar-refractivity contribution in [3.8, 4) is 0 Å². The van der Waals surface area contributed by atoms with Gasteiger partial charge in [-0.25, -0.2) is 0 Å². The summed E-state index contributed by atoms with van der Waals surface area (Å²) >= 11 is 0. The van der Waals surface area contributed by atoms with Gasteiger partial charge in [0.2, 0.25) is 0 Å². The fourth-order valence-electron chi connectivity index (χ4n) is 1.05. The Morgan fingerprint density at radius 3 is 2.15 bits per heavy atom. The van der Waals surface area contributed by atoms with Crippen molar-refractivity contribution in [3.05, 3.63) is 0 Å². The van der Waals surface area contributed by atoms with Crippen LogP contribution >= 0.6 is 0 Å². The third kappa shape index (κ3) is 2.18. The van der Waals surface area contributed by atoms with E-state index in [1.165, 1.54) is 21.0 Å². The Kier molecular flexibility index (Phi) is 2.56. The number of carbonyl (C=O) groups excluding carboxylic acids is 2. The van der Waals surface area contributed by atoms with Crippen LogP contribution in [0.4, 0.5) is 0 Å². The molecule has 1 aliphatic rings. The van der Waals surface area contributed by atoms with E-state index in [-0.39, 0.29) is 6.61 Å². The number of esters is 2. The van der Waals surface area contributed by atoms with Crippen molar-refractivity contribution in [2.75, 3.05) is 13.7 Å². The second kappa shape index (κ2) is 3.33. The van der Waals surface area contributed by atoms with Gasteiger partial charge in [0, 0.05) is 21.0 Å². The summed E-state index contributed by atoms with van der Waals surface area (Å²) < 4.78 is 14.4. The van der Waals surface area contributed by atoms with Crippen molar-refractivity contribution >= 4 is 11.9 Å². The second-order valence-electron chi connectivity index (χ2n) is 3.25. The van der Waals surface area contributed by atoms with Gasteiger partial charge in [-0.3, -0.25) is 9.59 Å². The van der Waals surface area contributed by atoms with Gasteiger partial charge in [0.05, 0.1) is 6.61 Å². The molecule has 0 amide bonds. The topological polar surface area (TPSA) is 61.8 Å². The summed E-state index contributed by atoms with van der Waals surface area (Å²) in [5, 5.41) is 0. The van der Waals surface area contributed by atoms with Gasteiger partial charge < -0.3 is 14.2 Å². The zero-order valence-corrected chi connectivity index (χ0v) is 7.83. The minimum atomic E-state index is -1.15. The van der Waals surface area contributed by atoms with Crippen LogP contribution in [0.25, 0.3) is 0 Å². The lowest BCUT2D eigenvalue weighted by Crippen LogP contribution is -2.47. The standard InChI is InChI=1S/C8H12O5/c1-8(2)12-6(9)5(4-11-3)7(10)13-8/h5H,4H2,1-3H3. The molecule has 0 aromatic rings. The second-order valence-corrected chi connectivity index (χ2v) is 3.25. The Morgan fingerprint density at radius 1 is 1.31 bits per heavy atom. The molecule has 1 rings (SSSR count). The molecule has 0 aromatic carbocycles. The first-order chi connectivity index (χ1) is 5.96. The Bertz CT molecular complexity index is 213. The molecule has 1 aliphatic heterocycles. The maximum atomic E-state index is 11.2. The Hall–Kier alpha value is -1.10. The lowest BCUT2D eigenvalue weighted by molar-refractivity contribution is -0.241. The molecule has 13 heavy (non-hydrogen) atoms. The van der Waals surface area contributed by atoms with Crippen LogP contribution in [0, 0.1) is 5.92 Å². The van der Waals surface area contributed by atoms with Crippen molar-refractivity contribution in [2.24, 2.45) is 5.92 Å². The molecular weight excluding hydrogens is 176 g/mol. The molecule has 0 N–H and O–H groups in total. The number of carbonyl (C=O) groups is 2. The molecule has 0 bridgehead atoms. The zero-order chi connectivity index (χ0) is 10.1. The van der Waals surface area contributed by atoms with E-state index in [0.29, 0.717) is 0 Å². The third-order valence-electron chi connectivity index (χ3n) is 1.60. The molecule has 0 unspecified atom stereocenters. The van der Waals surface area contributed by atoms with Crippen molar-refractivity contribution in [3.63, 3.8) is 0 Å². The van der Waals surface area contributed by atoms with Crippen LogP contribution in [0.2, 0.25) is 0 Å². The summed E-state index contributed by atoms with van der Waals surface area (Å²) in [6, 6.07) is 0. The van der Waals surface area contributed by atoms with Crippen LogP contribution < -0.4 is 0 Å². The number of cyclic esters (lactones) is 2. The van der Waals surface area contributed by atoms with E-state index in [4.69, 9.17) is 9.47 Å². The molecule has 1 heterocycles. The highest BCUT2D eigenvalue weighted by Crippen LogP contribution is 2.22. The molecule has 74 valence electrons. The van der Waals surface area contributed by atoms with Gasteiger partial charge in [0.1, 0.15) is 0 Å². The Balaban J connectivity index is 2.71. The molecule has 0 saturated carbocycles. The molecule has 0 radical (unpaired) electrons. The average molecular weight is 188 g/mol. The van der Waals surface area contributed by atoms with E-state index < -0.39 is 23.6 Å². The summed E-state index contributed by atoms with van der Waals surface area (Å²) in [4.78, 5) is 22.4. The number of ether oxygens (including phenoxy) is 3. The van der Waals surface area contributed by atoms with E-state index in [1.807, 2.05) is 0 Å². The molecule has 1 fully saturated rings. The fourth-order valence-corrected chi connectivity index (χ4v) is 1.05.